The number of nitrogens with one attached hydrogen (secondary N) is 1. The lowest BCUT2D eigenvalue weighted by Crippen LogP contribution is -2.44. The van der Waals surface area contributed by atoms with Crippen LogP contribution in [0.3, 0.4) is 0 Å². The highest BCUT2D eigenvalue weighted by Crippen LogP contribution is 2.28. The zero-order valence-corrected chi connectivity index (χ0v) is 18.7. The Bertz CT molecular complexity index is 1340. The summed E-state index contributed by atoms with van der Waals surface area (Å²) in [5.74, 6) is -1.07. The Hall–Kier alpha value is -3.69. The minimum atomic E-state index is -3.97. The molecule has 0 amide bonds. The van der Waals surface area contributed by atoms with Crippen LogP contribution < -0.4 is 9.46 Å². The molecule has 4 aromatic rings. The second-order valence-electron chi connectivity index (χ2n) is 7.78. The number of benzene rings is 3. The number of carboxylic acids is 1. The van der Waals surface area contributed by atoms with Gasteiger partial charge in [0, 0.05) is 0 Å². The molecule has 0 aliphatic carbocycles. The van der Waals surface area contributed by atoms with E-state index in [-0.39, 0.29) is 11.0 Å². The van der Waals surface area contributed by atoms with Crippen molar-refractivity contribution in [2.45, 2.75) is 24.8 Å². The lowest BCUT2D eigenvalue weighted by atomic mass is 10.1. The Morgan fingerprint density at radius 1 is 0.970 bits per heavy atom. The Balaban J connectivity index is 1.48. The van der Waals surface area contributed by atoms with Crippen molar-refractivity contribution in [2.24, 2.45) is 5.92 Å². The van der Waals surface area contributed by atoms with Crippen LogP contribution in [0.4, 0.5) is 0 Å². The number of para-hydroxylation sites is 2. The number of sulfonamides is 1. The fourth-order valence-electron chi connectivity index (χ4n) is 3.24. The maximum absolute atomic E-state index is 12.6. The van der Waals surface area contributed by atoms with E-state index in [1.807, 2.05) is 36.4 Å². The molecule has 0 unspecified atom stereocenters. The summed E-state index contributed by atoms with van der Waals surface area (Å²) in [5, 5.41) is 9.25. The molecule has 0 radical (unpaired) electrons. The van der Waals surface area contributed by atoms with Crippen molar-refractivity contribution >= 4 is 27.1 Å². The van der Waals surface area contributed by atoms with E-state index < -0.39 is 28.0 Å². The quantitative estimate of drug-likeness (QED) is 0.387. The zero-order chi connectivity index (χ0) is 23.6. The molecular formula is C24H22N2O6S. The molecule has 9 heteroatoms. The summed E-state index contributed by atoms with van der Waals surface area (Å²) >= 11 is 0. The molecule has 4 rings (SSSR count). The number of hydrogen-bond acceptors (Lipinski definition) is 6. The molecule has 0 spiro atoms. The summed E-state index contributed by atoms with van der Waals surface area (Å²) in [6, 6.07) is 19.6. The van der Waals surface area contributed by atoms with Gasteiger partial charge in [-0.1, -0.05) is 50.2 Å². The minimum Gasteiger partial charge on any atom is -0.480 e. The van der Waals surface area contributed by atoms with Gasteiger partial charge in [-0.3, -0.25) is 4.79 Å². The summed E-state index contributed by atoms with van der Waals surface area (Å²) in [4.78, 5) is 15.6. The van der Waals surface area contributed by atoms with Gasteiger partial charge in [0.05, 0.1) is 4.90 Å². The fourth-order valence-corrected chi connectivity index (χ4v) is 4.58. The SMILES string of the molecule is CC(C)[C@@H](NS(=O)(=O)c1ccc(-c2ccc(Oc3nc4ccccc4o3)cc2)cc1)C(=O)O. The standard InChI is InChI=1S/C24H22N2O6S/c1-15(2)22(23(27)28)26-33(29,30)19-13-9-17(10-14-19)16-7-11-18(12-8-16)31-24-25-20-5-3-4-6-21(20)32-24/h3-15,22,26H,1-2H3,(H,27,28)/t22-/m1/s1. The van der Waals surface area contributed by atoms with Crippen LogP contribution >= 0.6 is 0 Å². The van der Waals surface area contributed by atoms with Gasteiger partial charge in [-0.25, -0.2) is 8.42 Å². The van der Waals surface area contributed by atoms with Crippen LogP contribution in [-0.4, -0.2) is 30.5 Å². The third-order valence-corrected chi connectivity index (χ3v) is 6.50. The molecule has 0 fully saturated rings. The van der Waals surface area contributed by atoms with Gasteiger partial charge >= 0.3 is 12.0 Å². The van der Waals surface area contributed by atoms with Crippen LogP contribution in [0.15, 0.2) is 82.1 Å². The molecule has 0 aliphatic rings. The molecule has 170 valence electrons. The van der Waals surface area contributed by atoms with Crippen molar-refractivity contribution in [1.82, 2.24) is 9.71 Å². The summed E-state index contributed by atoms with van der Waals surface area (Å²) in [5.41, 5.74) is 2.98. The van der Waals surface area contributed by atoms with E-state index in [9.17, 15) is 18.3 Å². The number of oxazole rings is 1. The van der Waals surface area contributed by atoms with Crippen LogP contribution in [0.1, 0.15) is 13.8 Å². The number of hydrogen-bond donors (Lipinski definition) is 2. The van der Waals surface area contributed by atoms with Gasteiger partial charge in [0.25, 0.3) is 0 Å². The first kappa shape index (κ1) is 22.5. The van der Waals surface area contributed by atoms with Gasteiger partial charge in [-0.2, -0.15) is 9.71 Å². The number of ether oxygens (including phenoxy) is 1. The average molecular weight is 467 g/mol. The number of aliphatic carboxylic acids is 1. The fraction of sp³-hybridized carbons (Fsp3) is 0.167. The molecular weight excluding hydrogens is 444 g/mol. The predicted octanol–water partition coefficient (Wildman–Crippen LogP) is 4.67. The molecule has 1 aromatic heterocycles. The number of carboxylic acid groups (broad SMARTS) is 1. The molecule has 33 heavy (non-hydrogen) atoms. The van der Waals surface area contributed by atoms with Crippen LogP contribution in [-0.2, 0) is 14.8 Å². The zero-order valence-electron chi connectivity index (χ0n) is 17.9. The van der Waals surface area contributed by atoms with E-state index >= 15 is 0 Å². The highest BCUT2D eigenvalue weighted by Gasteiger charge is 2.27. The maximum atomic E-state index is 12.6. The Kier molecular flexibility index (Phi) is 6.17. The second kappa shape index (κ2) is 9.05. The van der Waals surface area contributed by atoms with Gasteiger partial charge in [0.2, 0.25) is 10.0 Å². The molecule has 0 bridgehead atoms. The Morgan fingerprint density at radius 3 is 2.15 bits per heavy atom. The van der Waals surface area contributed by atoms with Gasteiger partial charge in [-0.15, -0.1) is 0 Å². The van der Waals surface area contributed by atoms with Gasteiger partial charge < -0.3 is 14.3 Å². The summed E-state index contributed by atoms with van der Waals surface area (Å²) in [6.45, 7) is 3.28. The van der Waals surface area contributed by atoms with E-state index in [0.29, 0.717) is 16.8 Å². The molecule has 0 aliphatic heterocycles. The van der Waals surface area contributed by atoms with Gasteiger partial charge in [-0.05, 0) is 53.4 Å². The van der Waals surface area contributed by atoms with Crippen LogP contribution in [0.5, 0.6) is 11.8 Å². The number of rotatable bonds is 8. The molecule has 1 atom stereocenters. The molecule has 2 N–H and O–H groups in total. The average Bonchev–Trinajstić information content (AvgIpc) is 3.20. The van der Waals surface area contributed by atoms with Gasteiger partial charge in [0.15, 0.2) is 5.58 Å². The van der Waals surface area contributed by atoms with E-state index in [1.165, 1.54) is 12.1 Å². The van der Waals surface area contributed by atoms with Crippen molar-refractivity contribution in [2.75, 3.05) is 0 Å². The highest BCUT2D eigenvalue weighted by atomic mass is 32.2. The van der Waals surface area contributed by atoms with Crippen molar-refractivity contribution in [3.8, 4) is 23.0 Å². The topological polar surface area (TPSA) is 119 Å². The lowest BCUT2D eigenvalue weighted by molar-refractivity contribution is -0.140. The summed E-state index contributed by atoms with van der Waals surface area (Å²) in [6.07, 6.45) is 0.145. The minimum absolute atomic E-state index is 0.00550. The van der Waals surface area contributed by atoms with E-state index in [2.05, 4.69) is 9.71 Å². The smallest absolute Gasteiger partial charge is 0.400 e. The molecule has 3 aromatic carbocycles. The number of nitrogens with zero attached hydrogens (tertiary/aromatic N) is 1. The van der Waals surface area contributed by atoms with Crippen LogP contribution in [0, 0.1) is 5.92 Å². The normalized spacial score (nSPS) is 12.7. The van der Waals surface area contributed by atoms with E-state index in [0.717, 1.165) is 11.1 Å². The number of aromatic nitrogens is 1. The Morgan fingerprint density at radius 2 is 1.58 bits per heavy atom. The number of fused-ring (bicyclic) bond motifs is 1. The summed E-state index contributed by atoms with van der Waals surface area (Å²) < 4.78 is 38.6. The molecule has 8 nitrogen and oxygen atoms in total. The van der Waals surface area contributed by atoms with Crippen molar-refractivity contribution < 1.29 is 27.5 Å². The third-order valence-electron chi connectivity index (χ3n) is 5.05. The van der Waals surface area contributed by atoms with Gasteiger partial charge in [0.1, 0.15) is 17.3 Å². The van der Waals surface area contributed by atoms with Crippen LogP contribution in [0.25, 0.3) is 22.2 Å². The van der Waals surface area contributed by atoms with E-state index in [1.54, 1.807) is 38.1 Å². The molecule has 0 saturated carbocycles. The third kappa shape index (κ3) is 5.05. The second-order valence-corrected chi connectivity index (χ2v) is 9.49. The highest BCUT2D eigenvalue weighted by molar-refractivity contribution is 7.89. The predicted molar refractivity (Wildman–Crippen MR) is 123 cm³/mol. The Labute approximate surface area is 190 Å². The number of carbonyl (C=O) groups is 1. The maximum Gasteiger partial charge on any atom is 0.400 e. The first-order valence-electron chi connectivity index (χ1n) is 10.2. The molecule has 0 saturated heterocycles. The van der Waals surface area contributed by atoms with Crippen molar-refractivity contribution in [3.05, 3.63) is 72.8 Å². The van der Waals surface area contributed by atoms with Crippen LogP contribution in [0.2, 0.25) is 0 Å². The summed E-state index contributed by atoms with van der Waals surface area (Å²) in [7, 11) is -3.97. The van der Waals surface area contributed by atoms with Crippen molar-refractivity contribution in [3.63, 3.8) is 0 Å². The first-order valence-corrected chi connectivity index (χ1v) is 11.7. The van der Waals surface area contributed by atoms with E-state index in [4.69, 9.17) is 9.15 Å². The largest absolute Gasteiger partial charge is 0.480 e. The molecule has 1 heterocycles. The van der Waals surface area contributed by atoms with Crippen molar-refractivity contribution in [1.29, 1.82) is 0 Å². The monoisotopic (exact) mass is 466 g/mol. The first-order chi connectivity index (χ1) is 15.7. The lowest BCUT2D eigenvalue weighted by Gasteiger charge is -2.18.